The van der Waals surface area contributed by atoms with Crippen molar-refractivity contribution in [2.24, 2.45) is 0 Å². The normalized spacial score (nSPS) is 10.2. The van der Waals surface area contributed by atoms with Crippen LogP contribution in [-0.2, 0) is 17.9 Å². The maximum absolute atomic E-state index is 11.7. The van der Waals surface area contributed by atoms with Crippen molar-refractivity contribution in [3.8, 4) is 5.75 Å². The third kappa shape index (κ3) is 5.54. The molecule has 1 aromatic heterocycles. The fourth-order valence-electron chi connectivity index (χ4n) is 1.97. The lowest BCUT2D eigenvalue weighted by atomic mass is 10.2. The average molecular weight is 299 g/mol. The predicted octanol–water partition coefficient (Wildman–Crippen LogP) is 1.89. The van der Waals surface area contributed by atoms with Crippen LogP contribution in [0.1, 0.15) is 17.5 Å². The average Bonchev–Trinajstić information content (AvgIpc) is 2.58. The smallest absolute Gasteiger partial charge is 0.221 e. The summed E-state index contributed by atoms with van der Waals surface area (Å²) in [6.45, 7) is 1.90. The number of hydrogen-bond acceptors (Lipinski definition) is 4. The van der Waals surface area contributed by atoms with E-state index in [0.29, 0.717) is 19.5 Å². The van der Waals surface area contributed by atoms with Crippen LogP contribution in [-0.4, -0.2) is 24.5 Å². The summed E-state index contributed by atoms with van der Waals surface area (Å²) in [5, 5.41) is 6.13. The first-order valence-electron chi connectivity index (χ1n) is 7.27. The number of ether oxygens (including phenoxy) is 1. The molecule has 0 spiro atoms. The van der Waals surface area contributed by atoms with E-state index in [2.05, 4.69) is 15.6 Å². The van der Waals surface area contributed by atoms with Gasteiger partial charge >= 0.3 is 0 Å². The molecule has 1 aromatic carbocycles. The minimum atomic E-state index is 0.0334. The summed E-state index contributed by atoms with van der Waals surface area (Å²) in [6, 6.07) is 11.7. The molecule has 0 radical (unpaired) electrons. The van der Waals surface area contributed by atoms with Crippen LogP contribution in [0.3, 0.4) is 0 Å². The van der Waals surface area contributed by atoms with E-state index >= 15 is 0 Å². The number of rotatable bonds is 8. The van der Waals surface area contributed by atoms with Gasteiger partial charge in [0.15, 0.2) is 0 Å². The molecular formula is C17H21N3O2. The second-order valence-corrected chi connectivity index (χ2v) is 4.91. The van der Waals surface area contributed by atoms with Crippen molar-refractivity contribution in [2.75, 3.05) is 13.7 Å². The number of hydrogen-bond donors (Lipinski definition) is 2. The van der Waals surface area contributed by atoms with Crippen LogP contribution in [0.2, 0.25) is 0 Å². The topological polar surface area (TPSA) is 63.2 Å². The van der Waals surface area contributed by atoms with Crippen LogP contribution in [0.5, 0.6) is 5.75 Å². The first-order valence-corrected chi connectivity index (χ1v) is 7.27. The molecular weight excluding hydrogens is 278 g/mol. The quantitative estimate of drug-likeness (QED) is 0.731. The van der Waals surface area contributed by atoms with E-state index in [1.54, 1.807) is 19.5 Å². The predicted molar refractivity (Wildman–Crippen MR) is 85.4 cm³/mol. The maximum atomic E-state index is 11.7. The fraction of sp³-hybridized carbons (Fsp3) is 0.294. The summed E-state index contributed by atoms with van der Waals surface area (Å²) in [6.07, 6.45) is 3.92. The molecule has 0 bridgehead atoms. The first kappa shape index (κ1) is 16.0. The van der Waals surface area contributed by atoms with Gasteiger partial charge < -0.3 is 15.4 Å². The number of carbonyl (C=O) groups is 1. The van der Waals surface area contributed by atoms with Crippen molar-refractivity contribution in [3.63, 3.8) is 0 Å². The fourth-order valence-corrected chi connectivity index (χ4v) is 1.97. The third-order valence-corrected chi connectivity index (χ3v) is 3.23. The van der Waals surface area contributed by atoms with Crippen LogP contribution in [0, 0.1) is 0 Å². The second-order valence-electron chi connectivity index (χ2n) is 4.91. The van der Waals surface area contributed by atoms with E-state index in [-0.39, 0.29) is 5.91 Å². The zero-order valence-corrected chi connectivity index (χ0v) is 12.7. The molecule has 116 valence electrons. The molecule has 1 amide bonds. The number of nitrogens with one attached hydrogen (secondary N) is 2. The van der Waals surface area contributed by atoms with Gasteiger partial charge in [-0.25, -0.2) is 0 Å². The summed E-state index contributed by atoms with van der Waals surface area (Å²) in [5.74, 6) is 0.879. The highest BCUT2D eigenvalue weighted by molar-refractivity contribution is 5.76. The number of methoxy groups -OCH3 is 1. The van der Waals surface area contributed by atoms with Gasteiger partial charge in [-0.15, -0.1) is 0 Å². The van der Waals surface area contributed by atoms with E-state index in [0.717, 1.165) is 23.4 Å². The van der Waals surface area contributed by atoms with E-state index in [9.17, 15) is 4.79 Å². The molecule has 2 aromatic rings. The standard InChI is InChI=1S/C17H21N3O2/c1-22-16-6-4-14(5-7-16)11-19-10-8-17(21)20-13-15-3-2-9-18-12-15/h2-7,9,12,19H,8,10-11,13H2,1H3,(H,20,21). The number of amides is 1. The Morgan fingerprint density at radius 2 is 1.95 bits per heavy atom. The number of pyridine rings is 1. The molecule has 0 aliphatic rings. The number of carbonyl (C=O) groups excluding carboxylic acids is 1. The molecule has 0 aliphatic heterocycles. The zero-order valence-electron chi connectivity index (χ0n) is 12.7. The second kappa shape index (κ2) is 8.79. The molecule has 5 nitrogen and oxygen atoms in total. The molecule has 22 heavy (non-hydrogen) atoms. The van der Waals surface area contributed by atoms with Crippen molar-refractivity contribution in [1.82, 2.24) is 15.6 Å². The van der Waals surface area contributed by atoms with Crippen LogP contribution in [0.15, 0.2) is 48.8 Å². The molecule has 0 aliphatic carbocycles. The summed E-state index contributed by atoms with van der Waals surface area (Å²) < 4.78 is 5.11. The van der Waals surface area contributed by atoms with Crippen LogP contribution < -0.4 is 15.4 Å². The highest BCUT2D eigenvalue weighted by Gasteiger charge is 2.01. The van der Waals surface area contributed by atoms with E-state index in [4.69, 9.17) is 4.74 Å². The Morgan fingerprint density at radius 1 is 1.14 bits per heavy atom. The van der Waals surface area contributed by atoms with Crippen molar-refractivity contribution < 1.29 is 9.53 Å². The van der Waals surface area contributed by atoms with Gasteiger partial charge in [-0.1, -0.05) is 18.2 Å². The van der Waals surface area contributed by atoms with Gasteiger partial charge in [0.1, 0.15) is 5.75 Å². The van der Waals surface area contributed by atoms with Crippen LogP contribution >= 0.6 is 0 Å². The number of aromatic nitrogens is 1. The number of benzene rings is 1. The van der Waals surface area contributed by atoms with Crippen molar-refractivity contribution in [1.29, 1.82) is 0 Å². The van der Waals surface area contributed by atoms with Crippen molar-refractivity contribution in [2.45, 2.75) is 19.5 Å². The van der Waals surface area contributed by atoms with Gasteiger partial charge in [-0.2, -0.15) is 0 Å². The first-order chi connectivity index (χ1) is 10.8. The largest absolute Gasteiger partial charge is 0.497 e. The summed E-state index contributed by atoms with van der Waals surface area (Å²) in [5.41, 5.74) is 2.17. The van der Waals surface area contributed by atoms with E-state index in [1.165, 1.54) is 0 Å². The SMILES string of the molecule is COc1ccc(CNCCC(=O)NCc2cccnc2)cc1. The molecule has 0 saturated carbocycles. The van der Waals surface area contributed by atoms with E-state index < -0.39 is 0 Å². The Bertz CT molecular complexity index is 570. The summed E-state index contributed by atoms with van der Waals surface area (Å²) in [7, 11) is 1.65. The monoisotopic (exact) mass is 299 g/mol. The Labute approximate surface area is 130 Å². The number of nitrogens with zero attached hydrogens (tertiary/aromatic N) is 1. The lowest BCUT2D eigenvalue weighted by Gasteiger charge is -2.07. The Kier molecular flexibility index (Phi) is 6.39. The summed E-state index contributed by atoms with van der Waals surface area (Å²) >= 11 is 0. The highest BCUT2D eigenvalue weighted by atomic mass is 16.5. The molecule has 1 heterocycles. The van der Waals surface area contributed by atoms with Gasteiger partial charge in [0.05, 0.1) is 7.11 Å². The highest BCUT2D eigenvalue weighted by Crippen LogP contribution is 2.10. The molecule has 2 N–H and O–H groups in total. The molecule has 5 heteroatoms. The Morgan fingerprint density at radius 3 is 2.64 bits per heavy atom. The van der Waals surface area contributed by atoms with Crippen LogP contribution in [0.4, 0.5) is 0 Å². The van der Waals surface area contributed by atoms with Gasteiger partial charge in [0.2, 0.25) is 5.91 Å². The van der Waals surface area contributed by atoms with Crippen LogP contribution in [0.25, 0.3) is 0 Å². The van der Waals surface area contributed by atoms with Gasteiger partial charge in [-0.05, 0) is 29.3 Å². The Balaban J connectivity index is 1.60. The van der Waals surface area contributed by atoms with Gasteiger partial charge in [0, 0.05) is 38.4 Å². The zero-order chi connectivity index (χ0) is 15.6. The van der Waals surface area contributed by atoms with Crippen molar-refractivity contribution in [3.05, 3.63) is 59.9 Å². The van der Waals surface area contributed by atoms with Gasteiger partial charge in [0.25, 0.3) is 0 Å². The lowest BCUT2D eigenvalue weighted by molar-refractivity contribution is -0.121. The lowest BCUT2D eigenvalue weighted by Crippen LogP contribution is -2.27. The van der Waals surface area contributed by atoms with Gasteiger partial charge in [-0.3, -0.25) is 9.78 Å². The molecule has 0 saturated heterocycles. The van der Waals surface area contributed by atoms with Crippen molar-refractivity contribution >= 4 is 5.91 Å². The minimum absolute atomic E-state index is 0.0334. The van der Waals surface area contributed by atoms with E-state index in [1.807, 2.05) is 36.4 Å². The third-order valence-electron chi connectivity index (χ3n) is 3.23. The summed E-state index contributed by atoms with van der Waals surface area (Å²) in [4.78, 5) is 15.7. The minimum Gasteiger partial charge on any atom is -0.497 e. The molecule has 0 unspecified atom stereocenters. The maximum Gasteiger partial charge on any atom is 0.221 e. The molecule has 0 fully saturated rings. The Hall–Kier alpha value is -2.40. The molecule has 2 rings (SSSR count). The molecule has 0 atom stereocenters.